The minimum absolute atomic E-state index is 0.283. The smallest absolute Gasteiger partial charge is 0.416 e. The van der Waals surface area contributed by atoms with Gasteiger partial charge in [0.05, 0.1) is 24.9 Å². The van der Waals surface area contributed by atoms with Crippen molar-refractivity contribution >= 4 is 5.96 Å². The summed E-state index contributed by atoms with van der Waals surface area (Å²) in [5.74, 6) is 1.34. The highest BCUT2D eigenvalue weighted by molar-refractivity contribution is 5.79. The summed E-state index contributed by atoms with van der Waals surface area (Å²) in [7, 11) is 0. The molecule has 0 aliphatic rings. The number of nitrogens with zero attached hydrogens (tertiary/aromatic N) is 1. The van der Waals surface area contributed by atoms with Crippen molar-refractivity contribution in [3.05, 3.63) is 59.5 Å². The number of aliphatic imine (C=N–C) groups is 1. The number of rotatable bonds is 5. The van der Waals surface area contributed by atoms with Gasteiger partial charge in [-0.15, -0.1) is 0 Å². The quantitative estimate of drug-likeness (QED) is 0.653. The van der Waals surface area contributed by atoms with Crippen LogP contribution in [-0.2, 0) is 19.3 Å². The number of hydrogen-bond donors (Lipinski definition) is 2. The largest absolute Gasteiger partial charge is 0.467 e. The van der Waals surface area contributed by atoms with Crippen LogP contribution >= 0.6 is 0 Å². The maximum Gasteiger partial charge on any atom is 0.416 e. The van der Waals surface area contributed by atoms with Crippen LogP contribution in [0.3, 0.4) is 0 Å². The second-order valence-electron chi connectivity index (χ2n) is 4.82. The molecule has 0 atom stereocenters. The highest BCUT2D eigenvalue weighted by Gasteiger charge is 2.29. The number of nitrogens with one attached hydrogen (secondary N) is 2. The molecule has 0 radical (unpaired) electrons. The van der Waals surface area contributed by atoms with Crippen molar-refractivity contribution in [2.45, 2.75) is 26.2 Å². The van der Waals surface area contributed by atoms with Crippen LogP contribution in [-0.4, -0.2) is 12.5 Å². The Bertz CT molecular complexity index is 619. The third-order valence-electron chi connectivity index (χ3n) is 3.06. The molecule has 0 bridgehead atoms. The van der Waals surface area contributed by atoms with Gasteiger partial charge in [-0.3, -0.25) is 0 Å². The Morgan fingerprint density at radius 3 is 2.43 bits per heavy atom. The predicted octanol–water partition coefficient (Wildman–Crippen LogP) is 3.55. The molecule has 0 saturated carbocycles. The van der Waals surface area contributed by atoms with Gasteiger partial charge in [-0.25, -0.2) is 4.99 Å². The van der Waals surface area contributed by atoms with Gasteiger partial charge in [0.15, 0.2) is 5.96 Å². The first-order chi connectivity index (χ1) is 11.0. The van der Waals surface area contributed by atoms with Crippen molar-refractivity contribution in [1.29, 1.82) is 0 Å². The van der Waals surface area contributed by atoms with E-state index in [2.05, 4.69) is 15.6 Å². The monoisotopic (exact) mass is 325 g/mol. The lowest BCUT2D eigenvalue weighted by molar-refractivity contribution is -0.137. The molecular formula is C16H18F3N3O. The summed E-state index contributed by atoms with van der Waals surface area (Å²) < 4.78 is 42.8. The zero-order valence-electron chi connectivity index (χ0n) is 12.7. The van der Waals surface area contributed by atoms with E-state index in [9.17, 15) is 13.2 Å². The molecule has 2 aromatic rings. The normalized spacial score (nSPS) is 12.3. The summed E-state index contributed by atoms with van der Waals surface area (Å²) in [6.07, 6.45) is -2.73. The Kier molecular flexibility index (Phi) is 5.67. The van der Waals surface area contributed by atoms with Crippen LogP contribution in [0.1, 0.15) is 23.8 Å². The Hall–Kier alpha value is -2.44. The molecule has 0 fully saturated rings. The van der Waals surface area contributed by atoms with E-state index in [4.69, 9.17) is 4.42 Å². The highest BCUT2D eigenvalue weighted by Crippen LogP contribution is 2.29. The number of benzene rings is 1. The van der Waals surface area contributed by atoms with Gasteiger partial charge in [-0.2, -0.15) is 13.2 Å². The SMILES string of the molecule is CCNC(=NCc1ccc(C(F)(F)F)cc1)NCc1ccco1. The number of furan rings is 1. The third-order valence-corrected chi connectivity index (χ3v) is 3.06. The molecule has 124 valence electrons. The molecular weight excluding hydrogens is 307 g/mol. The van der Waals surface area contributed by atoms with Gasteiger partial charge in [-0.1, -0.05) is 12.1 Å². The molecule has 0 unspecified atom stereocenters. The fourth-order valence-corrected chi connectivity index (χ4v) is 1.90. The van der Waals surface area contributed by atoms with Crippen LogP contribution < -0.4 is 10.6 Å². The van der Waals surface area contributed by atoms with E-state index in [0.717, 1.165) is 17.9 Å². The molecule has 23 heavy (non-hydrogen) atoms. The number of hydrogen-bond acceptors (Lipinski definition) is 2. The minimum atomic E-state index is -4.32. The topological polar surface area (TPSA) is 49.6 Å². The first kappa shape index (κ1) is 16.9. The molecule has 2 N–H and O–H groups in total. The molecule has 0 aliphatic heterocycles. The van der Waals surface area contributed by atoms with Crippen molar-refractivity contribution < 1.29 is 17.6 Å². The minimum Gasteiger partial charge on any atom is -0.467 e. The van der Waals surface area contributed by atoms with Crippen molar-refractivity contribution in [2.75, 3.05) is 6.54 Å². The maximum atomic E-state index is 12.5. The molecule has 1 heterocycles. The van der Waals surface area contributed by atoms with Gasteiger partial charge in [0.25, 0.3) is 0 Å². The van der Waals surface area contributed by atoms with Crippen molar-refractivity contribution in [3.63, 3.8) is 0 Å². The zero-order valence-corrected chi connectivity index (χ0v) is 12.7. The first-order valence-electron chi connectivity index (χ1n) is 7.19. The van der Waals surface area contributed by atoms with Crippen LogP contribution in [0, 0.1) is 0 Å². The number of guanidine groups is 1. The van der Waals surface area contributed by atoms with Gasteiger partial charge in [-0.05, 0) is 36.8 Å². The lowest BCUT2D eigenvalue weighted by Crippen LogP contribution is -2.36. The second-order valence-corrected chi connectivity index (χ2v) is 4.82. The van der Waals surface area contributed by atoms with Crippen molar-refractivity contribution in [1.82, 2.24) is 10.6 Å². The van der Waals surface area contributed by atoms with Crippen LogP contribution in [0.15, 0.2) is 52.1 Å². The summed E-state index contributed by atoms with van der Waals surface area (Å²) in [6.45, 7) is 3.37. The fraction of sp³-hybridized carbons (Fsp3) is 0.312. The average Bonchev–Trinajstić information content (AvgIpc) is 3.03. The average molecular weight is 325 g/mol. The zero-order chi connectivity index (χ0) is 16.7. The van der Waals surface area contributed by atoms with E-state index in [1.807, 2.05) is 13.0 Å². The summed E-state index contributed by atoms with van der Waals surface area (Å²) in [6, 6.07) is 8.63. The van der Waals surface area contributed by atoms with Gasteiger partial charge in [0.1, 0.15) is 5.76 Å². The van der Waals surface area contributed by atoms with Crippen molar-refractivity contribution in [3.8, 4) is 0 Å². The molecule has 0 spiro atoms. The summed E-state index contributed by atoms with van der Waals surface area (Å²) in [4.78, 5) is 4.35. The predicted molar refractivity (Wildman–Crippen MR) is 81.8 cm³/mol. The summed E-state index contributed by atoms with van der Waals surface area (Å²) in [5, 5.41) is 6.16. The lowest BCUT2D eigenvalue weighted by Gasteiger charge is -2.10. The standard InChI is InChI=1S/C16H18F3N3O/c1-2-20-15(22-11-14-4-3-9-23-14)21-10-12-5-7-13(8-6-12)16(17,18)19/h3-9H,2,10-11H2,1H3,(H2,20,21,22). The van der Waals surface area contributed by atoms with E-state index in [1.165, 1.54) is 12.1 Å². The number of halogens is 3. The fourth-order valence-electron chi connectivity index (χ4n) is 1.90. The van der Waals surface area contributed by atoms with Crippen LogP contribution in [0.2, 0.25) is 0 Å². The molecule has 0 saturated heterocycles. The Morgan fingerprint density at radius 2 is 1.87 bits per heavy atom. The lowest BCUT2D eigenvalue weighted by atomic mass is 10.1. The number of alkyl halides is 3. The molecule has 1 aromatic carbocycles. The summed E-state index contributed by atoms with van der Waals surface area (Å²) in [5.41, 5.74) is 0.0429. The molecule has 0 aliphatic carbocycles. The molecule has 4 nitrogen and oxygen atoms in total. The molecule has 0 amide bonds. The van der Waals surface area contributed by atoms with E-state index >= 15 is 0 Å². The van der Waals surface area contributed by atoms with Crippen LogP contribution in [0.5, 0.6) is 0 Å². The Balaban J connectivity index is 1.96. The van der Waals surface area contributed by atoms with Crippen LogP contribution in [0.4, 0.5) is 13.2 Å². The molecule has 1 aromatic heterocycles. The Morgan fingerprint density at radius 1 is 1.13 bits per heavy atom. The van der Waals surface area contributed by atoms with E-state index in [-0.39, 0.29) is 6.54 Å². The highest BCUT2D eigenvalue weighted by atomic mass is 19.4. The third kappa shape index (κ3) is 5.36. The Labute approximate surface area is 132 Å². The molecule has 7 heteroatoms. The van der Waals surface area contributed by atoms with E-state index < -0.39 is 11.7 Å². The molecule has 2 rings (SSSR count). The van der Waals surface area contributed by atoms with E-state index in [1.54, 1.807) is 12.3 Å². The van der Waals surface area contributed by atoms with Gasteiger partial charge >= 0.3 is 6.18 Å². The van der Waals surface area contributed by atoms with E-state index in [0.29, 0.717) is 24.6 Å². The second kappa shape index (κ2) is 7.71. The van der Waals surface area contributed by atoms with Gasteiger partial charge < -0.3 is 15.1 Å². The van der Waals surface area contributed by atoms with Gasteiger partial charge in [0, 0.05) is 6.54 Å². The van der Waals surface area contributed by atoms with Crippen LogP contribution in [0.25, 0.3) is 0 Å². The first-order valence-corrected chi connectivity index (χ1v) is 7.19. The maximum absolute atomic E-state index is 12.5. The van der Waals surface area contributed by atoms with Crippen molar-refractivity contribution in [2.24, 2.45) is 4.99 Å². The summed E-state index contributed by atoms with van der Waals surface area (Å²) >= 11 is 0. The van der Waals surface area contributed by atoms with Gasteiger partial charge in [0.2, 0.25) is 0 Å².